The molecule has 1 aromatic carbocycles. The van der Waals surface area contributed by atoms with Crippen LogP contribution in [0.25, 0.3) is 11.1 Å². The van der Waals surface area contributed by atoms with Crippen LogP contribution in [0.5, 0.6) is 11.6 Å². The Morgan fingerprint density at radius 2 is 1.76 bits per heavy atom. The van der Waals surface area contributed by atoms with Gasteiger partial charge in [0.25, 0.3) is 0 Å². The highest BCUT2D eigenvalue weighted by Gasteiger charge is 2.23. The van der Waals surface area contributed by atoms with E-state index in [1.165, 1.54) is 0 Å². The van der Waals surface area contributed by atoms with Gasteiger partial charge in [0.15, 0.2) is 0 Å². The number of benzene rings is 1. The lowest BCUT2D eigenvalue weighted by Crippen LogP contribution is -2.15. The Kier molecular flexibility index (Phi) is 6.06. The minimum Gasteiger partial charge on any atom is -0.496 e. The molecule has 5 heteroatoms. The summed E-state index contributed by atoms with van der Waals surface area (Å²) in [7, 11) is 3.38. The largest absolute Gasteiger partial charge is 0.496 e. The Morgan fingerprint density at radius 1 is 0.966 bits per heavy atom. The molecule has 0 amide bonds. The van der Waals surface area contributed by atoms with Crippen molar-refractivity contribution in [1.82, 2.24) is 9.97 Å². The first-order valence-electron chi connectivity index (χ1n) is 9.74. The molecule has 152 valence electrons. The van der Waals surface area contributed by atoms with Gasteiger partial charge >= 0.3 is 0 Å². The van der Waals surface area contributed by atoms with E-state index < -0.39 is 0 Å². The van der Waals surface area contributed by atoms with Gasteiger partial charge in [-0.05, 0) is 65.8 Å². The molecular formula is C24H29N3O2. The van der Waals surface area contributed by atoms with E-state index in [2.05, 4.69) is 42.9 Å². The summed E-state index contributed by atoms with van der Waals surface area (Å²) in [6, 6.07) is 12.2. The van der Waals surface area contributed by atoms with Gasteiger partial charge in [-0.25, -0.2) is 4.98 Å². The van der Waals surface area contributed by atoms with Crippen LogP contribution in [0.4, 0.5) is 5.69 Å². The number of nitrogens with two attached hydrogens (primary N) is 1. The van der Waals surface area contributed by atoms with Gasteiger partial charge in [-0.3, -0.25) is 4.98 Å². The summed E-state index contributed by atoms with van der Waals surface area (Å²) in [5, 5.41) is 0. The minimum absolute atomic E-state index is 0.0784. The van der Waals surface area contributed by atoms with Crippen molar-refractivity contribution in [2.24, 2.45) is 0 Å². The second-order valence-corrected chi connectivity index (χ2v) is 8.11. The van der Waals surface area contributed by atoms with Gasteiger partial charge < -0.3 is 15.2 Å². The number of hydrogen-bond acceptors (Lipinski definition) is 5. The Balaban J connectivity index is 2.08. The highest BCUT2D eigenvalue weighted by Crippen LogP contribution is 2.40. The molecule has 0 aliphatic heterocycles. The van der Waals surface area contributed by atoms with Crippen molar-refractivity contribution in [3.05, 3.63) is 65.6 Å². The first-order valence-corrected chi connectivity index (χ1v) is 9.74. The maximum atomic E-state index is 5.87. The lowest BCUT2D eigenvalue weighted by atomic mass is 9.82. The van der Waals surface area contributed by atoms with Crippen LogP contribution in [0.3, 0.4) is 0 Å². The zero-order valence-electron chi connectivity index (χ0n) is 17.8. The summed E-state index contributed by atoms with van der Waals surface area (Å²) >= 11 is 0. The van der Waals surface area contributed by atoms with Crippen molar-refractivity contribution in [3.8, 4) is 22.8 Å². The van der Waals surface area contributed by atoms with Gasteiger partial charge in [0.05, 0.1) is 26.1 Å². The van der Waals surface area contributed by atoms with Gasteiger partial charge in [0.2, 0.25) is 5.88 Å². The van der Waals surface area contributed by atoms with E-state index in [0.717, 1.165) is 46.5 Å². The molecule has 2 heterocycles. The highest BCUT2D eigenvalue weighted by molar-refractivity contribution is 5.72. The van der Waals surface area contributed by atoms with E-state index in [4.69, 9.17) is 15.2 Å². The van der Waals surface area contributed by atoms with E-state index in [1.807, 2.05) is 24.3 Å². The van der Waals surface area contributed by atoms with Crippen LogP contribution in [-0.2, 0) is 18.3 Å². The quantitative estimate of drug-likeness (QED) is 0.652. The summed E-state index contributed by atoms with van der Waals surface area (Å²) in [6.45, 7) is 6.58. The van der Waals surface area contributed by atoms with Crippen molar-refractivity contribution in [3.63, 3.8) is 0 Å². The maximum absolute atomic E-state index is 5.87. The summed E-state index contributed by atoms with van der Waals surface area (Å²) in [6.07, 6.45) is 5.04. The van der Waals surface area contributed by atoms with Crippen LogP contribution in [0.2, 0.25) is 0 Å². The van der Waals surface area contributed by atoms with Crippen LogP contribution >= 0.6 is 0 Å². The normalized spacial score (nSPS) is 11.3. The zero-order valence-corrected chi connectivity index (χ0v) is 17.8. The second-order valence-electron chi connectivity index (χ2n) is 8.11. The smallest absolute Gasteiger partial charge is 0.221 e. The van der Waals surface area contributed by atoms with Crippen LogP contribution < -0.4 is 15.2 Å². The summed E-state index contributed by atoms with van der Waals surface area (Å²) in [5.41, 5.74) is 11.7. The standard InChI is InChI=1S/C24H29N3O2/c1-24(2,3)21-14-17(20-7-6-12-26-23(20)29-5)13-16(22(21)28-4)8-10-19-11-9-18(25)15-27-19/h6-7,9,11-15H,8,10,25H2,1-5H3. The van der Waals surface area contributed by atoms with E-state index in [1.54, 1.807) is 26.6 Å². The predicted octanol–water partition coefficient (Wildman–Crippen LogP) is 4.83. The number of anilines is 1. The highest BCUT2D eigenvalue weighted by atomic mass is 16.5. The summed E-state index contributed by atoms with van der Waals surface area (Å²) < 4.78 is 11.4. The van der Waals surface area contributed by atoms with Gasteiger partial charge in [0.1, 0.15) is 5.75 Å². The Bertz CT molecular complexity index is 976. The third-order valence-corrected chi connectivity index (χ3v) is 4.95. The molecular weight excluding hydrogens is 362 g/mol. The fraction of sp³-hybridized carbons (Fsp3) is 0.333. The molecule has 3 rings (SSSR count). The molecule has 5 nitrogen and oxygen atoms in total. The second kappa shape index (κ2) is 8.52. The number of nitrogens with zero attached hydrogens (tertiary/aromatic N) is 2. The number of nitrogen functional groups attached to an aromatic ring is 1. The molecule has 2 aromatic heterocycles. The molecule has 0 fully saturated rings. The van der Waals surface area contributed by atoms with E-state index >= 15 is 0 Å². The molecule has 0 radical (unpaired) electrons. The van der Waals surface area contributed by atoms with Gasteiger partial charge in [-0.1, -0.05) is 20.8 Å². The number of methoxy groups -OCH3 is 2. The van der Waals surface area contributed by atoms with Crippen molar-refractivity contribution in [1.29, 1.82) is 0 Å². The first-order chi connectivity index (χ1) is 13.8. The average Bonchev–Trinajstić information content (AvgIpc) is 2.72. The van der Waals surface area contributed by atoms with Crippen molar-refractivity contribution < 1.29 is 9.47 Å². The number of ether oxygens (including phenoxy) is 2. The number of hydrogen-bond donors (Lipinski definition) is 1. The Hall–Kier alpha value is -3.08. The third-order valence-electron chi connectivity index (χ3n) is 4.95. The van der Waals surface area contributed by atoms with Crippen molar-refractivity contribution in [2.75, 3.05) is 20.0 Å². The van der Waals surface area contributed by atoms with Gasteiger partial charge in [-0.2, -0.15) is 0 Å². The SMILES string of the molecule is COc1ncccc1-c1cc(CCc2ccc(N)cn2)c(OC)c(C(C)(C)C)c1. The molecule has 0 unspecified atom stereocenters. The van der Waals surface area contributed by atoms with E-state index in [-0.39, 0.29) is 5.41 Å². The molecule has 2 N–H and O–H groups in total. The van der Waals surface area contributed by atoms with Crippen LogP contribution in [0.1, 0.15) is 37.6 Å². The van der Waals surface area contributed by atoms with Crippen LogP contribution in [0, 0.1) is 0 Å². The fourth-order valence-electron chi connectivity index (χ4n) is 3.45. The average molecular weight is 392 g/mol. The maximum Gasteiger partial charge on any atom is 0.221 e. The summed E-state index contributed by atoms with van der Waals surface area (Å²) in [5.74, 6) is 1.54. The van der Waals surface area contributed by atoms with Crippen molar-refractivity contribution in [2.45, 2.75) is 39.0 Å². The molecule has 0 spiro atoms. The molecule has 3 aromatic rings. The van der Waals surface area contributed by atoms with E-state index in [9.17, 15) is 0 Å². The number of pyridine rings is 2. The Labute approximate surface area is 172 Å². The molecule has 0 atom stereocenters. The van der Waals surface area contributed by atoms with Crippen molar-refractivity contribution >= 4 is 5.69 Å². The van der Waals surface area contributed by atoms with Crippen LogP contribution in [0.15, 0.2) is 48.8 Å². The lowest BCUT2D eigenvalue weighted by molar-refractivity contribution is 0.392. The molecule has 0 aliphatic carbocycles. The van der Waals surface area contributed by atoms with Gasteiger partial charge in [-0.15, -0.1) is 0 Å². The minimum atomic E-state index is -0.0784. The number of aryl methyl sites for hydroxylation is 2. The van der Waals surface area contributed by atoms with E-state index in [0.29, 0.717) is 11.6 Å². The monoisotopic (exact) mass is 391 g/mol. The molecule has 29 heavy (non-hydrogen) atoms. The molecule has 0 saturated heterocycles. The number of rotatable bonds is 6. The molecule has 0 saturated carbocycles. The predicted molar refractivity (Wildman–Crippen MR) is 118 cm³/mol. The lowest BCUT2D eigenvalue weighted by Gasteiger charge is -2.25. The molecule has 0 aliphatic rings. The summed E-state index contributed by atoms with van der Waals surface area (Å²) in [4.78, 5) is 8.80. The van der Waals surface area contributed by atoms with Crippen LogP contribution in [-0.4, -0.2) is 24.2 Å². The topological polar surface area (TPSA) is 70.3 Å². The molecule has 0 bridgehead atoms. The number of aromatic nitrogens is 2. The first kappa shape index (κ1) is 20.6. The fourth-order valence-corrected chi connectivity index (χ4v) is 3.45. The Morgan fingerprint density at radius 3 is 2.38 bits per heavy atom. The third kappa shape index (κ3) is 4.67. The van der Waals surface area contributed by atoms with Gasteiger partial charge in [0, 0.05) is 23.0 Å². The zero-order chi connectivity index (χ0) is 21.0.